The number of nitrogens with zero attached hydrogens (tertiary/aromatic N) is 3. The van der Waals surface area contributed by atoms with Crippen LogP contribution in [0, 0.1) is 6.92 Å². The lowest BCUT2D eigenvalue weighted by Gasteiger charge is -2.14. The molecule has 0 aliphatic heterocycles. The molecule has 0 fully saturated rings. The number of rotatable bonds is 7. The lowest BCUT2D eigenvalue weighted by atomic mass is 10.0. The molecule has 0 unspecified atom stereocenters. The summed E-state index contributed by atoms with van der Waals surface area (Å²) in [6, 6.07) is 3.80. The fraction of sp³-hybridized carbons (Fsp3) is 0.261. The summed E-state index contributed by atoms with van der Waals surface area (Å²) in [6.07, 6.45) is -1.88. The average Bonchev–Trinajstić information content (AvgIpc) is 2.79. The van der Waals surface area contributed by atoms with Gasteiger partial charge in [-0.05, 0) is 45.0 Å². The monoisotopic (exact) mass is 489 g/mol. The van der Waals surface area contributed by atoms with Crippen molar-refractivity contribution in [1.29, 1.82) is 0 Å². The van der Waals surface area contributed by atoms with Gasteiger partial charge >= 0.3 is 12.2 Å². The Morgan fingerprint density at radius 2 is 1.83 bits per heavy atom. The quantitative estimate of drug-likeness (QED) is 0.443. The van der Waals surface area contributed by atoms with E-state index < -0.39 is 29.1 Å². The van der Waals surface area contributed by atoms with Gasteiger partial charge in [0, 0.05) is 23.0 Å². The van der Waals surface area contributed by atoms with Gasteiger partial charge in [-0.1, -0.05) is 0 Å². The SMILES string of the molecule is CCOc1cc(-c2ncc(NC(=O)Nc3ccc(C(C)=O)c(C(F)(F)F)c3)c(C)n2)cnc1OC. The van der Waals surface area contributed by atoms with Crippen LogP contribution in [0.5, 0.6) is 11.6 Å². The van der Waals surface area contributed by atoms with E-state index in [4.69, 9.17) is 9.47 Å². The van der Waals surface area contributed by atoms with Crippen LogP contribution in [0.3, 0.4) is 0 Å². The van der Waals surface area contributed by atoms with Crippen LogP contribution in [0.15, 0.2) is 36.7 Å². The largest absolute Gasteiger partial charge is 0.488 e. The number of aryl methyl sites for hydroxylation is 1. The molecule has 35 heavy (non-hydrogen) atoms. The number of ketones is 1. The maximum absolute atomic E-state index is 13.3. The predicted octanol–water partition coefficient (Wildman–Crippen LogP) is 5.12. The van der Waals surface area contributed by atoms with E-state index in [1.54, 1.807) is 13.0 Å². The fourth-order valence-electron chi connectivity index (χ4n) is 3.14. The Labute approximate surface area is 198 Å². The zero-order chi connectivity index (χ0) is 25.8. The first-order valence-electron chi connectivity index (χ1n) is 10.3. The second kappa shape index (κ2) is 10.4. The van der Waals surface area contributed by atoms with Crippen molar-refractivity contribution in [3.63, 3.8) is 0 Å². The van der Waals surface area contributed by atoms with Gasteiger partial charge < -0.3 is 20.1 Å². The Hall–Kier alpha value is -4.22. The second-order valence-electron chi connectivity index (χ2n) is 7.25. The van der Waals surface area contributed by atoms with Crippen LogP contribution in [0.4, 0.5) is 29.3 Å². The summed E-state index contributed by atoms with van der Waals surface area (Å²) in [5.41, 5.74) is -0.549. The molecule has 2 amide bonds. The van der Waals surface area contributed by atoms with Gasteiger partial charge in [-0.2, -0.15) is 13.2 Å². The van der Waals surface area contributed by atoms with Gasteiger partial charge in [0.15, 0.2) is 17.4 Å². The van der Waals surface area contributed by atoms with Crippen LogP contribution in [-0.4, -0.2) is 40.5 Å². The van der Waals surface area contributed by atoms with Crippen LogP contribution in [0.25, 0.3) is 11.4 Å². The average molecular weight is 489 g/mol. The van der Waals surface area contributed by atoms with E-state index in [2.05, 4.69) is 25.6 Å². The molecule has 2 aromatic heterocycles. The van der Waals surface area contributed by atoms with Gasteiger partial charge in [0.25, 0.3) is 5.88 Å². The highest BCUT2D eigenvalue weighted by molar-refractivity contribution is 6.01. The molecule has 3 rings (SSSR count). The molecular formula is C23H22F3N5O4. The number of halogens is 3. The molecule has 2 N–H and O–H groups in total. The summed E-state index contributed by atoms with van der Waals surface area (Å²) in [7, 11) is 1.47. The van der Waals surface area contributed by atoms with Crippen molar-refractivity contribution in [2.24, 2.45) is 0 Å². The number of nitrogens with one attached hydrogen (secondary N) is 2. The lowest BCUT2D eigenvalue weighted by Crippen LogP contribution is -2.21. The van der Waals surface area contributed by atoms with Gasteiger partial charge in [-0.15, -0.1) is 0 Å². The number of ether oxygens (including phenoxy) is 2. The molecule has 12 heteroatoms. The normalized spacial score (nSPS) is 11.1. The van der Waals surface area contributed by atoms with Crippen molar-refractivity contribution in [1.82, 2.24) is 15.0 Å². The van der Waals surface area contributed by atoms with Crippen LogP contribution in [0.1, 0.15) is 35.5 Å². The van der Waals surface area contributed by atoms with E-state index in [0.717, 1.165) is 13.0 Å². The number of methoxy groups -OCH3 is 1. The lowest BCUT2D eigenvalue weighted by molar-refractivity contribution is -0.137. The number of hydrogen-bond donors (Lipinski definition) is 2. The van der Waals surface area contributed by atoms with Crippen LogP contribution < -0.4 is 20.1 Å². The van der Waals surface area contributed by atoms with E-state index in [9.17, 15) is 22.8 Å². The Morgan fingerprint density at radius 3 is 2.43 bits per heavy atom. The number of alkyl halides is 3. The number of amides is 2. The highest BCUT2D eigenvalue weighted by atomic mass is 19.4. The molecule has 3 aromatic rings. The number of pyridine rings is 1. The highest BCUT2D eigenvalue weighted by Gasteiger charge is 2.34. The van der Waals surface area contributed by atoms with Gasteiger partial charge in [0.05, 0.1) is 36.9 Å². The number of benzene rings is 1. The van der Waals surface area contributed by atoms with Crippen molar-refractivity contribution in [3.8, 4) is 23.0 Å². The minimum atomic E-state index is -4.76. The van der Waals surface area contributed by atoms with Crippen molar-refractivity contribution < 1.29 is 32.2 Å². The van der Waals surface area contributed by atoms with Crippen molar-refractivity contribution in [3.05, 3.63) is 53.5 Å². The Bertz CT molecular complexity index is 1260. The molecule has 0 bridgehead atoms. The van der Waals surface area contributed by atoms with Crippen molar-refractivity contribution in [2.45, 2.75) is 26.9 Å². The van der Waals surface area contributed by atoms with E-state index >= 15 is 0 Å². The molecule has 9 nitrogen and oxygen atoms in total. The zero-order valence-electron chi connectivity index (χ0n) is 19.3. The van der Waals surface area contributed by atoms with E-state index in [1.807, 2.05) is 6.92 Å². The second-order valence-corrected chi connectivity index (χ2v) is 7.25. The molecule has 184 valence electrons. The molecular weight excluding hydrogens is 467 g/mol. The summed E-state index contributed by atoms with van der Waals surface area (Å²) in [5, 5.41) is 4.82. The summed E-state index contributed by atoms with van der Waals surface area (Å²) in [4.78, 5) is 36.7. The first-order valence-corrected chi connectivity index (χ1v) is 10.3. The molecule has 0 atom stereocenters. The van der Waals surface area contributed by atoms with E-state index in [0.29, 0.717) is 41.4 Å². The number of Topliss-reactive ketones (excluding diaryl/α,β-unsaturated/α-hetero) is 1. The van der Waals surface area contributed by atoms with Gasteiger partial charge in [0.1, 0.15) is 0 Å². The number of carbonyl (C=O) groups is 2. The molecule has 0 aliphatic rings. The Balaban J connectivity index is 1.78. The smallest absolute Gasteiger partial charge is 0.417 e. The third-order valence-corrected chi connectivity index (χ3v) is 4.76. The summed E-state index contributed by atoms with van der Waals surface area (Å²) < 4.78 is 50.6. The number of aromatic nitrogens is 3. The minimum absolute atomic E-state index is 0.136. The third-order valence-electron chi connectivity index (χ3n) is 4.76. The van der Waals surface area contributed by atoms with E-state index in [1.165, 1.54) is 25.6 Å². The fourth-order valence-corrected chi connectivity index (χ4v) is 3.14. The zero-order valence-corrected chi connectivity index (χ0v) is 19.3. The molecule has 2 heterocycles. The minimum Gasteiger partial charge on any atom is -0.488 e. The molecule has 0 aliphatic carbocycles. The summed E-state index contributed by atoms with van der Waals surface area (Å²) in [6.45, 7) is 4.89. The van der Waals surface area contributed by atoms with Gasteiger partial charge in [-0.3, -0.25) is 4.79 Å². The summed E-state index contributed by atoms with van der Waals surface area (Å²) in [5.74, 6) is 0.317. The standard InChI is InChI=1S/C23H22F3N5O4/c1-5-35-19-8-14(10-28-21(19)34-4)20-27-11-18(12(2)29-20)31-22(33)30-15-6-7-16(13(3)32)17(9-15)23(24,25)26/h6-11H,5H2,1-4H3,(H2,30,31,33). The molecule has 0 radical (unpaired) electrons. The maximum atomic E-state index is 13.3. The molecule has 0 saturated carbocycles. The number of hydrogen-bond acceptors (Lipinski definition) is 7. The molecule has 0 saturated heterocycles. The Morgan fingerprint density at radius 1 is 1.09 bits per heavy atom. The highest BCUT2D eigenvalue weighted by Crippen LogP contribution is 2.34. The van der Waals surface area contributed by atoms with Crippen LogP contribution >= 0.6 is 0 Å². The summed E-state index contributed by atoms with van der Waals surface area (Å²) >= 11 is 0. The number of carbonyl (C=O) groups excluding carboxylic acids is 2. The molecule has 0 spiro atoms. The van der Waals surface area contributed by atoms with Crippen LogP contribution in [0.2, 0.25) is 0 Å². The van der Waals surface area contributed by atoms with Crippen LogP contribution in [-0.2, 0) is 6.18 Å². The maximum Gasteiger partial charge on any atom is 0.417 e. The van der Waals surface area contributed by atoms with Crippen molar-refractivity contribution >= 4 is 23.2 Å². The number of urea groups is 1. The predicted molar refractivity (Wildman–Crippen MR) is 122 cm³/mol. The van der Waals surface area contributed by atoms with Crippen molar-refractivity contribution in [2.75, 3.05) is 24.4 Å². The molecule has 1 aromatic carbocycles. The Kier molecular flexibility index (Phi) is 7.52. The topological polar surface area (TPSA) is 115 Å². The van der Waals surface area contributed by atoms with E-state index in [-0.39, 0.29) is 11.4 Å². The number of anilines is 2. The van der Waals surface area contributed by atoms with Gasteiger partial charge in [-0.25, -0.2) is 19.7 Å². The van der Waals surface area contributed by atoms with Gasteiger partial charge in [0.2, 0.25) is 0 Å². The first-order chi connectivity index (χ1) is 16.5. The first kappa shape index (κ1) is 25.4. The third kappa shape index (κ3) is 6.02.